The molecule has 0 aromatic carbocycles. The van der Waals surface area contributed by atoms with E-state index in [2.05, 4.69) is 23.1 Å². The molecule has 1 aliphatic carbocycles. The molecule has 2 aliphatic rings. The maximum absolute atomic E-state index is 12.0. The van der Waals surface area contributed by atoms with E-state index in [1.54, 1.807) is 29.9 Å². The van der Waals surface area contributed by atoms with Crippen LogP contribution >= 0.6 is 0 Å². The molecule has 1 saturated carbocycles. The van der Waals surface area contributed by atoms with Gasteiger partial charge < -0.3 is 14.2 Å². The van der Waals surface area contributed by atoms with Crippen LogP contribution in [-0.2, 0) is 11.8 Å². The zero-order valence-electron chi connectivity index (χ0n) is 20.3. The number of aryl methyl sites for hydroxylation is 3. The largest absolute Gasteiger partial charge is 0.367 e. The lowest BCUT2D eigenvalue weighted by molar-refractivity contribution is -0.0178. The Kier molecular flexibility index (Phi) is 5.14. The molecular formula is C25H28N8O2. The second-order valence-electron chi connectivity index (χ2n) is 9.63. The molecule has 2 atom stereocenters. The molecule has 35 heavy (non-hydrogen) atoms. The van der Waals surface area contributed by atoms with E-state index in [1.807, 2.05) is 24.7 Å². The Hall–Kier alpha value is -3.66. The monoisotopic (exact) mass is 472 g/mol. The molecule has 5 heterocycles. The SMILES string of the molecule is Cc1nc2nc(N3C[C@@H](C)O[C@@H](c4cnn(C5CC5)c4)C3)nc(-c3ccc(=O)n(C)c3)c2nc1C. The van der Waals surface area contributed by atoms with Gasteiger partial charge in [-0.15, -0.1) is 0 Å². The number of morpholine rings is 1. The quantitative estimate of drug-likeness (QED) is 0.447. The molecule has 1 saturated heterocycles. The van der Waals surface area contributed by atoms with Crippen molar-refractivity contribution in [1.29, 1.82) is 0 Å². The number of rotatable bonds is 4. The number of anilines is 1. The Labute approximate surface area is 202 Å². The number of hydrogen-bond acceptors (Lipinski definition) is 8. The highest BCUT2D eigenvalue weighted by Gasteiger charge is 2.31. The van der Waals surface area contributed by atoms with Gasteiger partial charge in [0.2, 0.25) is 11.5 Å². The van der Waals surface area contributed by atoms with E-state index < -0.39 is 0 Å². The minimum absolute atomic E-state index is 0.0100. The molecule has 180 valence electrons. The number of ether oxygens (including phenoxy) is 1. The highest BCUT2D eigenvalue weighted by atomic mass is 16.5. The Morgan fingerprint density at radius 3 is 2.57 bits per heavy atom. The van der Waals surface area contributed by atoms with Crippen molar-refractivity contribution >= 4 is 17.1 Å². The molecule has 4 aromatic rings. The lowest BCUT2D eigenvalue weighted by Gasteiger charge is -2.36. The molecule has 0 radical (unpaired) electrons. The van der Waals surface area contributed by atoms with Crippen molar-refractivity contribution in [1.82, 2.24) is 34.3 Å². The average Bonchev–Trinajstić information content (AvgIpc) is 3.57. The number of pyridine rings is 1. The van der Waals surface area contributed by atoms with Gasteiger partial charge in [-0.05, 0) is 39.7 Å². The Balaban J connectivity index is 1.43. The Morgan fingerprint density at radius 2 is 1.80 bits per heavy atom. The first-order valence-electron chi connectivity index (χ1n) is 12.0. The van der Waals surface area contributed by atoms with E-state index in [9.17, 15) is 4.79 Å². The number of hydrogen-bond donors (Lipinski definition) is 0. The highest BCUT2D eigenvalue weighted by Crippen LogP contribution is 2.36. The van der Waals surface area contributed by atoms with Gasteiger partial charge >= 0.3 is 0 Å². The first-order valence-corrected chi connectivity index (χ1v) is 12.0. The highest BCUT2D eigenvalue weighted by molar-refractivity contribution is 5.87. The third-order valence-corrected chi connectivity index (χ3v) is 6.75. The van der Waals surface area contributed by atoms with Gasteiger partial charge in [0, 0.05) is 43.2 Å². The van der Waals surface area contributed by atoms with Gasteiger partial charge in [-0.3, -0.25) is 9.48 Å². The van der Waals surface area contributed by atoms with Crippen LogP contribution in [0.5, 0.6) is 0 Å². The van der Waals surface area contributed by atoms with Gasteiger partial charge in [-0.25, -0.2) is 15.0 Å². The summed E-state index contributed by atoms with van der Waals surface area (Å²) in [6.07, 6.45) is 8.03. The van der Waals surface area contributed by atoms with Gasteiger partial charge in [-0.1, -0.05) is 0 Å². The fourth-order valence-electron chi connectivity index (χ4n) is 4.53. The first-order chi connectivity index (χ1) is 16.9. The van der Waals surface area contributed by atoms with Crippen LogP contribution < -0.4 is 10.5 Å². The maximum Gasteiger partial charge on any atom is 0.250 e. The third kappa shape index (κ3) is 4.07. The summed E-state index contributed by atoms with van der Waals surface area (Å²) in [5, 5.41) is 4.54. The molecule has 6 rings (SSSR count). The average molecular weight is 473 g/mol. The van der Waals surface area contributed by atoms with Crippen LogP contribution in [0.3, 0.4) is 0 Å². The summed E-state index contributed by atoms with van der Waals surface area (Å²) >= 11 is 0. The molecule has 10 heteroatoms. The number of fused-ring (bicyclic) bond motifs is 1. The van der Waals surface area contributed by atoms with Crippen LogP contribution in [0.25, 0.3) is 22.4 Å². The van der Waals surface area contributed by atoms with Gasteiger partial charge in [-0.2, -0.15) is 10.1 Å². The van der Waals surface area contributed by atoms with Crippen molar-refractivity contribution in [3.8, 4) is 11.3 Å². The second kappa shape index (κ2) is 8.23. The van der Waals surface area contributed by atoms with Crippen LogP contribution in [-0.4, -0.2) is 53.5 Å². The van der Waals surface area contributed by atoms with E-state index in [-0.39, 0.29) is 17.8 Å². The van der Waals surface area contributed by atoms with E-state index in [4.69, 9.17) is 24.7 Å². The van der Waals surface area contributed by atoms with Crippen molar-refractivity contribution in [2.45, 2.75) is 51.9 Å². The fourth-order valence-corrected chi connectivity index (χ4v) is 4.53. The minimum Gasteiger partial charge on any atom is -0.367 e. The minimum atomic E-state index is -0.127. The number of aromatic nitrogens is 7. The third-order valence-electron chi connectivity index (χ3n) is 6.75. The maximum atomic E-state index is 12.0. The van der Waals surface area contributed by atoms with Gasteiger partial charge in [0.15, 0.2) is 5.65 Å². The fraction of sp³-hybridized carbons (Fsp3) is 0.440. The van der Waals surface area contributed by atoms with Gasteiger partial charge in [0.1, 0.15) is 17.3 Å². The van der Waals surface area contributed by atoms with Crippen molar-refractivity contribution in [2.75, 3.05) is 18.0 Å². The lowest BCUT2D eigenvalue weighted by atomic mass is 10.1. The Morgan fingerprint density at radius 1 is 1.00 bits per heavy atom. The smallest absolute Gasteiger partial charge is 0.250 e. The molecular weight excluding hydrogens is 444 g/mol. The lowest BCUT2D eigenvalue weighted by Crippen LogP contribution is -2.43. The zero-order chi connectivity index (χ0) is 24.3. The summed E-state index contributed by atoms with van der Waals surface area (Å²) in [7, 11) is 1.73. The zero-order valence-corrected chi connectivity index (χ0v) is 20.3. The summed E-state index contributed by atoms with van der Waals surface area (Å²) in [5.74, 6) is 0.577. The molecule has 0 bridgehead atoms. The predicted octanol–water partition coefficient (Wildman–Crippen LogP) is 2.90. The van der Waals surface area contributed by atoms with Crippen LogP contribution in [0, 0.1) is 13.8 Å². The van der Waals surface area contributed by atoms with E-state index in [0.717, 1.165) is 22.5 Å². The second-order valence-corrected chi connectivity index (χ2v) is 9.63. The van der Waals surface area contributed by atoms with Crippen LogP contribution in [0.15, 0.2) is 35.5 Å². The standard InChI is InChI=1S/C25H28N8O2/c1-14-10-32(13-20(35-14)18-9-26-33(12-18)19-6-7-19)25-29-22(17-5-8-21(34)31(4)11-17)23-24(30-25)28-16(3)15(2)27-23/h5,8-9,11-12,14,19-20H,6-7,10,13H2,1-4H3/t14-,20-/m1/s1. The summed E-state index contributed by atoms with van der Waals surface area (Å²) in [4.78, 5) is 33.4. The van der Waals surface area contributed by atoms with E-state index >= 15 is 0 Å². The van der Waals surface area contributed by atoms with Gasteiger partial charge in [0.25, 0.3) is 0 Å². The summed E-state index contributed by atoms with van der Waals surface area (Å²) in [6.45, 7) is 7.18. The van der Waals surface area contributed by atoms with Crippen molar-refractivity contribution in [3.63, 3.8) is 0 Å². The molecule has 0 spiro atoms. The van der Waals surface area contributed by atoms with Crippen LogP contribution in [0.4, 0.5) is 5.95 Å². The van der Waals surface area contributed by atoms with Crippen molar-refractivity contribution in [3.05, 3.63) is 58.0 Å². The first kappa shape index (κ1) is 21.8. The molecule has 10 nitrogen and oxygen atoms in total. The predicted molar refractivity (Wildman–Crippen MR) is 131 cm³/mol. The molecule has 0 unspecified atom stereocenters. The van der Waals surface area contributed by atoms with E-state index in [0.29, 0.717) is 41.9 Å². The number of nitrogens with zero attached hydrogens (tertiary/aromatic N) is 8. The van der Waals surface area contributed by atoms with Gasteiger partial charge in [0.05, 0.1) is 36.3 Å². The van der Waals surface area contributed by atoms with Crippen molar-refractivity contribution in [2.24, 2.45) is 7.05 Å². The summed E-state index contributed by atoms with van der Waals surface area (Å²) < 4.78 is 9.88. The summed E-state index contributed by atoms with van der Waals surface area (Å²) in [6, 6.07) is 3.85. The van der Waals surface area contributed by atoms with E-state index in [1.165, 1.54) is 12.8 Å². The molecule has 4 aromatic heterocycles. The molecule has 1 aliphatic heterocycles. The van der Waals surface area contributed by atoms with Crippen LogP contribution in [0.1, 0.15) is 48.9 Å². The normalized spacial score (nSPS) is 20.5. The molecule has 0 N–H and O–H groups in total. The Bertz CT molecular complexity index is 1490. The molecule has 0 amide bonds. The van der Waals surface area contributed by atoms with Crippen LogP contribution in [0.2, 0.25) is 0 Å². The molecule has 2 fully saturated rings. The topological polar surface area (TPSA) is 104 Å². The van der Waals surface area contributed by atoms with Crippen molar-refractivity contribution < 1.29 is 4.74 Å². The summed E-state index contributed by atoms with van der Waals surface area (Å²) in [5.41, 5.74) is 5.26.